The van der Waals surface area contributed by atoms with Gasteiger partial charge in [-0.1, -0.05) is 63.2 Å². The van der Waals surface area contributed by atoms with E-state index >= 15 is 0 Å². The molecule has 0 unspecified atom stereocenters. The number of para-hydroxylation sites is 1. The third kappa shape index (κ3) is 1.95. The lowest BCUT2D eigenvalue weighted by atomic mass is 9.86. The number of fused-ring (bicyclic) bond motifs is 7. The molecule has 0 aliphatic rings. The minimum atomic E-state index is 0.151. The standard InChI is InChI=1S/C23H21NS/c1-23(2,3)17-10-7-9-16-20-19(25-22(16)17)13-12-15-14-8-5-6-11-18(14)24(4)21(15)20/h5-13H,1-4H3. The maximum Gasteiger partial charge on any atom is 0.0583 e. The Morgan fingerprint density at radius 2 is 1.56 bits per heavy atom. The van der Waals surface area contributed by atoms with Crippen LogP contribution in [0.3, 0.4) is 0 Å². The SMILES string of the molecule is Cn1c2ccccc2c2ccc3sc4c(C(C)(C)C)cccc4c3c21. The molecule has 0 saturated heterocycles. The van der Waals surface area contributed by atoms with Gasteiger partial charge in [-0.05, 0) is 23.1 Å². The van der Waals surface area contributed by atoms with Crippen molar-refractivity contribution in [3.05, 3.63) is 60.2 Å². The molecule has 5 aromatic rings. The van der Waals surface area contributed by atoms with Crippen molar-refractivity contribution >= 4 is 53.3 Å². The van der Waals surface area contributed by atoms with Crippen molar-refractivity contribution in [1.82, 2.24) is 4.57 Å². The Balaban J connectivity index is 2.06. The minimum Gasteiger partial charge on any atom is -0.343 e. The highest BCUT2D eigenvalue weighted by atomic mass is 32.1. The van der Waals surface area contributed by atoms with Crippen LogP contribution in [-0.4, -0.2) is 4.57 Å². The average molecular weight is 343 g/mol. The molecule has 0 spiro atoms. The van der Waals surface area contributed by atoms with Crippen LogP contribution in [0.15, 0.2) is 54.6 Å². The third-order valence-corrected chi connectivity index (χ3v) is 6.54. The van der Waals surface area contributed by atoms with Gasteiger partial charge < -0.3 is 4.57 Å². The number of hydrogen-bond donors (Lipinski definition) is 0. The first kappa shape index (κ1) is 15.0. The summed E-state index contributed by atoms with van der Waals surface area (Å²) in [5, 5.41) is 5.49. The highest BCUT2D eigenvalue weighted by Gasteiger charge is 2.21. The molecule has 0 fully saturated rings. The van der Waals surface area contributed by atoms with Gasteiger partial charge in [0.15, 0.2) is 0 Å². The van der Waals surface area contributed by atoms with Gasteiger partial charge in [-0.2, -0.15) is 0 Å². The molecule has 0 saturated carbocycles. The van der Waals surface area contributed by atoms with E-state index in [1.807, 2.05) is 11.3 Å². The zero-order valence-corrected chi connectivity index (χ0v) is 15.9. The zero-order chi connectivity index (χ0) is 17.3. The van der Waals surface area contributed by atoms with Crippen LogP contribution in [0.4, 0.5) is 0 Å². The molecule has 5 rings (SSSR count). The summed E-state index contributed by atoms with van der Waals surface area (Å²) in [6.07, 6.45) is 0. The molecule has 2 aromatic heterocycles. The quantitative estimate of drug-likeness (QED) is 0.285. The number of aromatic nitrogens is 1. The Labute approximate surface area is 151 Å². The van der Waals surface area contributed by atoms with Gasteiger partial charge in [0.25, 0.3) is 0 Å². The van der Waals surface area contributed by atoms with E-state index in [2.05, 4.69) is 87.0 Å². The summed E-state index contributed by atoms with van der Waals surface area (Å²) >= 11 is 1.94. The molecule has 124 valence electrons. The van der Waals surface area contributed by atoms with Gasteiger partial charge in [0, 0.05) is 43.5 Å². The molecular weight excluding hydrogens is 322 g/mol. The molecule has 0 N–H and O–H groups in total. The van der Waals surface area contributed by atoms with Gasteiger partial charge in [-0.15, -0.1) is 11.3 Å². The summed E-state index contributed by atoms with van der Waals surface area (Å²) in [6.45, 7) is 6.91. The number of thiophene rings is 1. The summed E-state index contributed by atoms with van der Waals surface area (Å²) in [5.74, 6) is 0. The lowest BCUT2D eigenvalue weighted by molar-refractivity contribution is 0.597. The van der Waals surface area contributed by atoms with Gasteiger partial charge >= 0.3 is 0 Å². The van der Waals surface area contributed by atoms with E-state index in [-0.39, 0.29) is 5.41 Å². The van der Waals surface area contributed by atoms with Crippen LogP contribution >= 0.6 is 11.3 Å². The first-order valence-electron chi connectivity index (χ1n) is 8.78. The fourth-order valence-corrected chi connectivity index (χ4v) is 5.57. The number of benzene rings is 3. The van der Waals surface area contributed by atoms with E-state index in [1.54, 1.807) is 0 Å². The molecular formula is C23H21NS. The molecule has 25 heavy (non-hydrogen) atoms. The van der Waals surface area contributed by atoms with Crippen LogP contribution in [0.25, 0.3) is 42.0 Å². The van der Waals surface area contributed by atoms with Crippen molar-refractivity contribution in [3.8, 4) is 0 Å². The van der Waals surface area contributed by atoms with E-state index in [0.29, 0.717) is 0 Å². The Morgan fingerprint density at radius 3 is 2.36 bits per heavy atom. The van der Waals surface area contributed by atoms with Gasteiger partial charge in [0.1, 0.15) is 0 Å². The summed E-state index contributed by atoms with van der Waals surface area (Å²) in [6, 6.07) is 20.1. The molecule has 0 aliphatic heterocycles. The summed E-state index contributed by atoms with van der Waals surface area (Å²) in [7, 11) is 2.20. The molecule has 2 heterocycles. The summed E-state index contributed by atoms with van der Waals surface area (Å²) in [4.78, 5) is 0. The molecule has 1 nitrogen and oxygen atoms in total. The van der Waals surface area contributed by atoms with E-state index in [1.165, 1.54) is 47.5 Å². The maximum atomic E-state index is 2.36. The van der Waals surface area contributed by atoms with Gasteiger partial charge in [0.05, 0.1) is 5.52 Å². The van der Waals surface area contributed by atoms with E-state index in [0.717, 1.165) is 0 Å². The number of hydrogen-bond acceptors (Lipinski definition) is 1. The topological polar surface area (TPSA) is 4.93 Å². The van der Waals surface area contributed by atoms with Crippen LogP contribution in [-0.2, 0) is 12.5 Å². The fraction of sp³-hybridized carbons (Fsp3) is 0.217. The minimum absolute atomic E-state index is 0.151. The Kier molecular flexibility index (Phi) is 2.91. The van der Waals surface area contributed by atoms with E-state index in [9.17, 15) is 0 Å². The fourth-order valence-electron chi connectivity index (χ4n) is 4.14. The van der Waals surface area contributed by atoms with Crippen molar-refractivity contribution in [2.24, 2.45) is 7.05 Å². The van der Waals surface area contributed by atoms with E-state index < -0.39 is 0 Å². The van der Waals surface area contributed by atoms with E-state index in [4.69, 9.17) is 0 Å². The molecule has 3 aromatic carbocycles. The van der Waals surface area contributed by atoms with Gasteiger partial charge in [-0.25, -0.2) is 0 Å². The predicted molar refractivity (Wildman–Crippen MR) is 112 cm³/mol. The van der Waals surface area contributed by atoms with Crippen LogP contribution in [0.1, 0.15) is 26.3 Å². The smallest absolute Gasteiger partial charge is 0.0583 e. The number of aryl methyl sites for hydroxylation is 1. The van der Waals surface area contributed by atoms with Crippen molar-refractivity contribution in [3.63, 3.8) is 0 Å². The Morgan fingerprint density at radius 1 is 0.800 bits per heavy atom. The van der Waals surface area contributed by atoms with Crippen molar-refractivity contribution < 1.29 is 0 Å². The normalized spacial score (nSPS) is 12.8. The average Bonchev–Trinajstić information content (AvgIpc) is 3.10. The second-order valence-corrected chi connectivity index (χ2v) is 9.00. The largest absolute Gasteiger partial charge is 0.343 e. The molecule has 0 bridgehead atoms. The highest BCUT2D eigenvalue weighted by Crippen LogP contribution is 2.44. The predicted octanol–water partition coefficient (Wildman–Crippen LogP) is 7.00. The second-order valence-electron chi connectivity index (χ2n) is 7.95. The lowest BCUT2D eigenvalue weighted by Gasteiger charge is -2.19. The summed E-state index contributed by atoms with van der Waals surface area (Å²) in [5.41, 5.74) is 4.25. The van der Waals surface area contributed by atoms with Crippen molar-refractivity contribution in [1.29, 1.82) is 0 Å². The first-order valence-corrected chi connectivity index (χ1v) is 9.60. The van der Waals surface area contributed by atoms with Gasteiger partial charge in [-0.3, -0.25) is 0 Å². The molecule has 0 aliphatic carbocycles. The molecule has 0 atom stereocenters. The lowest BCUT2D eigenvalue weighted by Crippen LogP contribution is -2.10. The zero-order valence-electron chi connectivity index (χ0n) is 15.1. The third-order valence-electron chi connectivity index (χ3n) is 5.34. The molecule has 2 heteroatoms. The molecule has 0 amide bonds. The Hall–Kier alpha value is -2.32. The van der Waals surface area contributed by atoms with Crippen LogP contribution in [0.5, 0.6) is 0 Å². The first-order chi connectivity index (χ1) is 12.0. The van der Waals surface area contributed by atoms with Crippen LogP contribution in [0.2, 0.25) is 0 Å². The van der Waals surface area contributed by atoms with Crippen LogP contribution < -0.4 is 0 Å². The maximum absolute atomic E-state index is 2.36. The Bertz CT molecular complexity index is 1280. The monoisotopic (exact) mass is 343 g/mol. The highest BCUT2D eigenvalue weighted by molar-refractivity contribution is 7.26. The van der Waals surface area contributed by atoms with Crippen molar-refractivity contribution in [2.75, 3.05) is 0 Å². The second kappa shape index (κ2) is 4.86. The van der Waals surface area contributed by atoms with Gasteiger partial charge in [0.2, 0.25) is 0 Å². The number of nitrogens with zero attached hydrogens (tertiary/aromatic N) is 1. The number of rotatable bonds is 0. The summed E-state index contributed by atoms with van der Waals surface area (Å²) < 4.78 is 5.18. The molecule has 0 radical (unpaired) electrons. The van der Waals surface area contributed by atoms with Crippen LogP contribution in [0, 0.1) is 0 Å². The van der Waals surface area contributed by atoms with Crippen molar-refractivity contribution in [2.45, 2.75) is 26.2 Å².